The summed E-state index contributed by atoms with van der Waals surface area (Å²) in [5.41, 5.74) is 1.09. The van der Waals surface area contributed by atoms with Crippen LogP contribution in [-0.2, 0) is 0 Å². The number of hydrogen-bond donors (Lipinski definition) is 1. The number of aromatic amines is 1. The van der Waals surface area contributed by atoms with Gasteiger partial charge < -0.3 is 0 Å². The molecule has 0 bridgehead atoms. The maximum atomic E-state index is 5.33. The van der Waals surface area contributed by atoms with Crippen molar-refractivity contribution in [3.05, 3.63) is 40.9 Å². The first-order chi connectivity index (χ1) is 8.36. The van der Waals surface area contributed by atoms with Crippen molar-refractivity contribution >= 4 is 24.0 Å². The van der Waals surface area contributed by atoms with Crippen LogP contribution in [0.5, 0.6) is 0 Å². The van der Waals surface area contributed by atoms with Crippen molar-refractivity contribution in [2.75, 3.05) is 5.75 Å². The molecule has 0 radical (unpaired) electrons. The number of rotatable bonds is 2. The SMILES string of the molecule is S=c1[nH]nc(C2CCCS2)n1-c1ccccc1. The van der Waals surface area contributed by atoms with E-state index in [0.29, 0.717) is 10.0 Å². The molecule has 1 aromatic heterocycles. The van der Waals surface area contributed by atoms with E-state index in [9.17, 15) is 0 Å². The Morgan fingerprint density at radius 3 is 2.88 bits per heavy atom. The Morgan fingerprint density at radius 2 is 2.18 bits per heavy atom. The lowest BCUT2D eigenvalue weighted by molar-refractivity contribution is 0.755. The number of H-pyrrole nitrogens is 1. The van der Waals surface area contributed by atoms with E-state index in [4.69, 9.17) is 12.2 Å². The van der Waals surface area contributed by atoms with Crippen LogP contribution in [0.4, 0.5) is 0 Å². The third kappa shape index (κ3) is 2.05. The highest BCUT2D eigenvalue weighted by Gasteiger charge is 2.23. The minimum Gasteiger partial charge on any atom is -0.271 e. The van der Waals surface area contributed by atoms with E-state index in [0.717, 1.165) is 11.5 Å². The summed E-state index contributed by atoms with van der Waals surface area (Å²) in [6.45, 7) is 0. The molecule has 1 saturated heterocycles. The van der Waals surface area contributed by atoms with E-state index >= 15 is 0 Å². The number of nitrogens with zero attached hydrogens (tertiary/aromatic N) is 2. The van der Waals surface area contributed by atoms with Crippen LogP contribution in [0, 0.1) is 4.77 Å². The summed E-state index contributed by atoms with van der Waals surface area (Å²) in [5, 5.41) is 7.79. The molecule has 3 nitrogen and oxygen atoms in total. The van der Waals surface area contributed by atoms with Gasteiger partial charge in [-0.3, -0.25) is 9.67 Å². The molecule has 1 atom stereocenters. The first-order valence-corrected chi connectivity index (χ1v) is 7.16. The van der Waals surface area contributed by atoms with Crippen molar-refractivity contribution in [3.8, 4) is 5.69 Å². The number of nitrogens with one attached hydrogen (secondary N) is 1. The van der Waals surface area contributed by atoms with Crippen molar-refractivity contribution in [3.63, 3.8) is 0 Å². The van der Waals surface area contributed by atoms with Crippen LogP contribution in [0.3, 0.4) is 0 Å². The van der Waals surface area contributed by atoms with E-state index in [-0.39, 0.29) is 0 Å². The summed E-state index contributed by atoms with van der Waals surface area (Å²) in [6, 6.07) is 10.2. The van der Waals surface area contributed by atoms with Gasteiger partial charge in [-0.15, -0.1) is 0 Å². The van der Waals surface area contributed by atoms with E-state index in [1.807, 2.05) is 30.0 Å². The fraction of sp³-hybridized carbons (Fsp3) is 0.333. The Hall–Kier alpha value is -1.07. The highest BCUT2D eigenvalue weighted by atomic mass is 32.2. The third-order valence-electron chi connectivity index (χ3n) is 2.93. The lowest BCUT2D eigenvalue weighted by Crippen LogP contribution is -2.03. The van der Waals surface area contributed by atoms with Gasteiger partial charge in [0.1, 0.15) is 5.82 Å². The summed E-state index contributed by atoms with van der Waals surface area (Å²) in [4.78, 5) is 0. The third-order valence-corrected chi connectivity index (χ3v) is 4.58. The lowest BCUT2D eigenvalue weighted by Gasteiger charge is -2.10. The summed E-state index contributed by atoms with van der Waals surface area (Å²) < 4.78 is 2.73. The summed E-state index contributed by atoms with van der Waals surface area (Å²) in [7, 11) is 0. The molecule has 2 aromatic rings. The quantitative estimate of drug-likeness (QED) is 0.842. The molecule has 88 valence electrons. The maximum absolute atomic E-state index is 5.33. The fourth-order valence-corrected chi connectivity index (χ4v) is 3.64. The normalized spacial score (nSPS) is 19.6. The molecule has 5 heteroatoms. The standard InChI is InChI=1S/C12H13N3S2/c16-12-14-13-11(10-7-4-8-17-10)15(12)9-5-2-1-3-6-9/h1-3,5-6,10H,4,7-8H2,(H,14,16). The molecule has 0 aliphatic carbocycles. The molecule has 0 amide bonds. The Bertz CT molecular complexity index is 553. The fourth-order valence-electron chi connectivity index (χ4n) is 2.13. The molecule has 2 heterocycles. The zero-order chi connectivity index (χ0) is 11.7. The van der Waals surface area contributed by atoms with Gasteiger partial charge in [0.05, 0.1) is 5.25 Å². The minimum atomic E-state index is 0.475. The zero-order valence-electron chi connectivity index (χ0n) is 9.30. The van der Waals surface area contributed by atoms with Gasteiger partial charge in [0.15, 0.2) is 4.77 Å². The summed E-state index contributed by atoms with van der Waals surface area (Å²) in [5.74, 6) is 2.28. The molecule has 1 fully saturated rings. The second kappa shape index (κ2) is 4.66. The van der Waals surface area contributed by atoms with Crippen molar-refractivity contribution in [1.29, 1.82) is 0 Å². The first-order valence-electron chi connectivity index (χ1n) is 5.70. The molecular weight excluding hydrogens is 250 g/mol. The van der Waals surface area contributed by atoms with E-state index in [1.165, 1.54) is 18.6 Å². The number of thioether (sulfide) groups is 1. The topological polar surface area (TPSA) is 33.6 Å². The Morgan fingerprint density at radius 1 is 1.35 bits per heavy atom. The smallest absolute Gasteiger partial charge is 0.199 e. The summed E-state index contributed by atoms with van der Waals surface area (Å²) in [6.07, 6.45) is 2.46. The van der Waals surface area contributed by atoms with Crippen LogP contribution in [0.1, 0.15) is 23.9 Å². The predicted molar refractivity (Wildman–Crippen MR) is 73.2 cm³/mol. The van der Waals surface area contributed by atoms with Crippen LogP contribution in [0.15, 0.2) is 30.3 Å². The van der Waals surface area contributed by atoms with Crippen LogP contribution in [-0.4, -0.2) is 20.5 Å². The van der Waals surface area contributed by atoms with Gasteiger partial charge in [0.2, 0.25) is 0 Å². The number of aromatic nitrogens is 3. The average Bonchev–Trinajstić information content (AvgIpc) is 2.98. The van der Waals surface area contributed by atoms with E-state index in [1.54, 1.807) is 0 Å². The minimum absolute atomic E-state index is 0.475. The van der Waals surface area contributed by atoms with Crippen LogP contribution >= 0.6 is 24.0 Å². The second-order valence-corrected chi connectivity index (χ2v) is 5.76. The van der Waals surface area contributed by atoms with Crippen molar-refractivity contribution in [1.82, 2.24) is 14.8 Å². The number of benzene rings is 1. The lowest BCUT2D eigenvalue weighted by atomic mass is 10.2. The average molecular weight is 263 g/mol. The van der Waals surface area contributed by atoms with Crippen LogP contribution < -0.4 is 0 Å². The molecule has 0 saturated carbocycles. The van der Waals surface area contributed by atoms with Gasteiger partial charge in [-0.2, -0.15) is 16.9 Å². The van der Waals surface area contributed by atoms with Gasteiger partial charge >= 0.3 is 0 Å². The highest BCUT2D eigenvalue weighted by molar-refractivity contribution is 7.99. The summed E-state index contributed by atoms with van der Waals surface area (Å²) >= 11 is 7.29. The molecule has 3 rings (SSSR count). The number of para-hydroxylation sites is 1. The first kappa shape index (κ1) is 11.0. The van der Waals surface area contributed by atoms with Gasteiger partial charge in [0, 0.05) is 5.69 Å². The second-order valence-electron chi connectivity index (χ2n) is 4.06. The van der Waals surface area contributed by atoms with E-state index in [2.05, 4.69) is 26.9 Å². The van der Waals surface area contributed by atoms with Crippen LogP contribution in [0.2, 0.25) is 0 Å². The molecular formula is C12H13N3S2. The Labute approximate surface area is 109 Å². The van der Waals surface area contributed by atoms with Crippen molar-refractivity contribution in [2.24, 2.45) is 0 Å². The predicted octanol–water partition coefficient (Wildman–Crippen LogP) is 3.50. The Kier molecular flexibility index (Phi) is 3.03. The maximum Gasteiger partial charge on any atom is 0.199 e. The molecule has 0 spiro atoms. The highest BCUT2D eigenvalue weighted by Crippen LogP contribution is 2.39. The molecule has 1 aromatic carbocycles. The van der Waals surface area contributed by atoms with Crippen molar-refractivity contribution < 1.29 is 0 Å². The molecule has 1 aliphatic rings. The van der Waals surface area contributed by atoms with Crippen molar-refractivity contribution in [2.45, 2.75) is 18.1 Å². The molecule has 1 aliphatic heterocycles. The van der Waals surface area contributed by atoms with Gasteiger partial charge in [-0.1, -0.05) is 18.2 Å². The molecule has 1 unspecified atom stereocenters. The largest absolute Gasteiger partial charge is 0.271 e. The van der Waals surface area contributed by atoms with Gasteiger partial charge in [-0.05, 0) is 42.9 Å². The monoisotopic (exact) mass is 263 g/mol. The molecule has 17 heavy (non-hydrogen) atoms. The zero-order valence-corrected chi connectivity index (χ0v) is 10.9. The van der Waals surface area contributed by atoms with E-state index < -0.39 is 0 Å². The Balaban J connectivity index is 2.09. The van der Waals surface area contributed by atoms with Gasteiger partial charge in [0.25, 0.3) is 0 Å². The van der Waals surface area contributed by atoms with Gasteiger partial charge in [-0.25, -0.2) is 0 Å². The van der Waals surface area contributed by atoms with Crippen LogP contribution in [0.25, 0.3) is 5.69 Å². The number of hydrogen-bond acceptors (Lipinski definition) is 3. The molecule has 1 N–H and O–H groups in total.